The number of aliphatic hydroxyl groups excluding tert-OH is 1. The number of benzene rings is 2. The van der Waals surface area contributed by atoms with E-state index in [0.717, 1.165) is 53.1 Å². The largest absolute Gasteiger partial charge is 0.484 e. The molecule has 1 aliphatic heterocycles. The quantitative estimate of drug-likeness (QED) is 0.692. The van der Waals surface area contributed by atoms with E-state index in [4.69, 9.17) is 16.3 Å². The number of nitrogens with zero attached hydrogens (tertiary/aromatic N) is 4. The number of aromatic nitrogens is 3. The molecule has 5 rings (SSSR count). The Hall–Kier alpha value is -2.41. The summed E-state index contributed by atoms with van der Waals surface area (Å²) in [5.74, 6) is 2.52. The van der Waals surface area contributed by atoms with Gasteiger partial charge in [-0.05, 0) is 74.2 Å². The Balaban J connectivity index is 1.43. The maximum atomic E-state index is 10.0. The standard InChI is InChI=1S/C23H25ClN4O2/c1-14-25-26-15(2)28(14)18-5-7-20(8-6-18)30-23-21-12-17(24)4-3-16(21)11-22(23)27-10-9-19(29)13-27/h3-8,12,19,22-23,29H,9-11,13H2,1-2H3/t19-,22+,23-/m1/s1. The normalized spacial score (nSPS) is 23.7. The molecule has 0 saturated carbocycles. The van der Waals surface area contributed by atoms with Crippen molar-refractivity contribution in [3.05, 3.63) is 70.3 Å². The van der Waals surface area contributed by atoms with Gasteiger partial charge in [-0.3, -0.25) is 9.47 Å². The molecule has 1 aliphatic carbocycles. The number of halogens is 1. The van der Waals surface area contributed by atoms with E-state index in [1.807, 2.05) is 54.8 Å². The average molecular weight is 425 g/mol. The van der Waals surface area contributed by atoms with Crippen LogP contribution in [-0.4, -0.2) is 50.0 Å². The summed E-state index contributed by atoms with van der Waals surface area (Å²) in [5, 5.41) is 19.0. The van der Waals surface area contributed by atoms with Crippen LogP contribution in [0.15, 0.2) is 42.5 Å². The second-order valence-corrected chi connectivity index (χ2v) is 8.65. The fourth-order valence-corrected chi connectivity index (χ4v) is 4.93. The molecule has 2 heterocycles. The van der Waals surface area contributed by atoms with Crippen LogP contribution < -0.4 is 4.74 Å². The van der Waals surface area contributed by atoms with Crippen molar-refractivity contribution in [3.63, 3.8) is 0 Å². The minimum atomic E-state index is -0.257. The zero-order chi connectivity index (χ0) is 20.8. The van der Waals surface area contributed by atoms with Gasteiger partial charge < -0.3 is 9.84 Å². The lowest BCUT2D eigenvalue weighted by molar-refractivity contribution is 0.0818. The summed E-state index contributed by atoms with van der Waals surface area (Å²) in [7, 11) is 0. The van der Waals surface area contributed by atoms with Crippen molar-refractivity contribution < 1.29 is 9.84 Å². The first-order chi connectivity index (χ1) is 14.5. The third-order valence-corrected chi connectivity index (χ3v) is 6.44. The predicted molar refractivity (Wildman–Crippen MR) is 115 cm³/mol. The molecule has 1 N–H and O–H groups in total. The molecule has 0 unspecified atom stereocenters. The van der Waals surface area contributed by atoms with E-state index in [-0.39, 0.29) is 18.2 Å². The lowest BCUT2D eigenvalue weighted by atomic mass is 10.1. The maximum Gasteiger partial charge on any atom is 0.140 e. The van der Waals surface area contributed by atoms with E-state index in [0.29, 0.717) is 6.54 Å². The Morgan fingerprint density at radius 2 is 1.80 bits per heavy atom. The molecule has 6 nitrogen and oxygen atoms in total. The third-order valence-electron chi connectivity index (χ3n) is 6.20. The van der Waals surface area contributed by atoms with Crippen molar-refractivity contribution >= 4 is 11.6 Å². The van der Waals surface area contributed by atoms with E-state index in [9.17, 15) is 5.11 Å². The summed E-state index contributed by atoms with van der Waals surface area (Å²) in [6.07, 6.45) is 1.34. The lowest BCUT2D eigenvalue weighted by Crippen LogP contribution is -2.39. The Morgan fingerprint density at radius 1 is 1.07 bits per heavy atom. The molecular weight excluding hydrogens is 400 g/mol. The maximum absolute atomic E-state index is 10.0. The van der Waals surface area contributed by atoms with E-state index in [1.54, 1.807) is 0 Å². The number of fused-ring (bicyclic) bond motifs is 1. The van der Waals surface area contributed by atoms with Gasteiger partial charge in [0.25, 0.3) is 0 Å². The minimum absolute atomic E-state index is 0.117. The van der Waals surface area contributed by atoms with Crippen molar-refractivity contribution in [3.8, 4) is 11.4 Å². The molecule has 0 spiro atoms. The Labute approximate surface area is 181 Å². The summed E-state index contributed by atoms with van der Waals surface area (Å²) in [6.45, 7) is 5.47. The van der Waals surface area contributed by atoms with Crippen LogP contribution in [0.3, 0.4) is 0 Å². The van der Waals surface area contributed by atoms with Gasteiger partial charge in [0.05, 0.1) is 12.1 Å². The van der Waals surface area contributed by atoms with Crippen LogP contribution in [0.1, 0.15) is 35.3 Å². The molecule has 0 radical (unpaired) electrons. The third kappa shape index (κ3) is 3.49. The number of hydrogen-bond acceptors (Lipinski definition) is 5. The zero-order valence-electron chi connectivity index (χ0n) is 17.1. The fraction of sp³-hybridized carbons (Fsp3) is 0.391. The molecule has 2 aliphatic rings. The summed E-state index contributed by atoms with van der Waals surface area (Å²) >= 11 is 6.31. The van der Waals surface area contributed by atoms with Gasteiger partial charge in [-0.1, -0.05) is 17.7 Å². The molecule has 3 aromatic rings. The smallest absolute Gasteiger partial charge is 0.140 e. The zero-order valence-corrected chi connectivity index (χ0v) is 17.9. The van der Waals surface area contributed by atoms with Crippen molar-refractivity contribution in [2.24, 2.45) is 0 Å². The molecule has 30 heavy (non-hydrogen) atoms. The molecule has 2 aromatic carbocycles. The monoisotopic (exact) mass is 424 g/mol. The van der Waals surface area contributed by atoms with Gasteiger partial charge in [-0.25, -0.2) is 0 Å². The first-order valence-corrected chi connectivity index (χ1v) is 10.7. The number of β-amino-alcohol motifs (C(OH)–C–C–N with tert-alkyl or cyclic N) is 1. The topological polar surface area (TPSA) is 63.4 Å². The number of ether oxygens (including phenoxy) is 1. The summed E-state index contributed by atoms with van der Waals surface area (Å²) in [6, 6.07) is 14.3. The molecule has 7 heteroatoms. The Bertz CT molecular complexity index is 1050. The van der Waals surface area contributed by atoms with Crippen LogP contribution in [0.2, 0.25) is 5.02 Å². The van der Waals surface area contributed by atoms with Crippen LogP contribution in [0.25, 0.3) is 5.69 Å². The highest BCUT2D eigenvalue weighted by molar-refractivity contribution is 6.30. The van der Waals surface area contributed by atoms with E-state index >= 15 is 0 Å². The molecule has 0 amide bonds. The molecule has 1 aromatic heterocycles. The summed E-state index contributed by atoms with van der Waals surface area (Å²) < 4.78 is 8.54. The predicted octanol–water partition coefficient (Wildman–Crippen LogP) is 3.65. The Kier molecular flexibility index (Phi) is 5.01. The SMILES string of the molecule is Cc1nnc(C)n1-c1ccc(O[C@@H]2c3cc(Cl)ccc3C[C@@H]2N2CC[C@@H](O)C2)cc1. The van der Waals surface area contributed by atoms with E-state index < -0.39 is 0 Å². The van der Waals surface area contributed by atoms with Crippen LogP contribution in [-0.2, 0) is 6.42 Å². The van der Waals surface area contributed by atoms with Crippen molar-refractivity contribution in [1.82, 2.24) is 19.7 Å². The molecule has 0 bridgehead atoms. The highest BCUT2D eigenvalue weighted by atomic mass is 35.5. The van der Waals surface area contributed by atoms with Crippen LogP contribution >= 0.6 is 11.6 Å². The lowest BCUT2D eigenvalue weighted by Gasteiger charge is -2.30. The number of aliphatic hydroxyl groups is 1. The van der Waals surface area contributed by atoms with Gasteiger partial charge >= 0.3 is 0 Å². The van der Waals surface area contributed by atoms with Crippen LogP contribution in [0, 0.1) is 13.8 Å². The van der Waals surface area contributed by atoms with E-state index in [1.165, 1.54) is 5.56 Å². The Morgan fingerprint density at radius 3 is 2.47 bits per heavy atom. The molecule has 1 fully saturated rings. The van der Waals surface area contributed by atoms with Gasteiger partial charge in [0.2, 0.25) is 0 Å². The first-order valence-electron chi connectivity index (χ1n) is 10.4. The number of likely N-dealkylation sites (tertiary alicyclic amines) is 1. The van der Waals surface area contributed by atoms with Gasteiger partial charge in [0.15, 0.2) is 0 Å². The van der Waals surface area contributed by atoms with Crippen LogP contribution in [0.4, 0.5) is 0 Å². The highest BCUT2D eigenvalue weighted by Crippen LogP contribution is 2.40. The number of rotatable bonds is 4. The summed E-state index contributed by atoms with van der Waals surface area (Å²) in [4.78, 5) is 2.35. The van der Waals surface area contributed by atoms with Gasteiger partial charge in [0.1, 0.15) is 23.5 Å². The number of aryl methyl sites for hydroxylation is 2. The second-order valence-electron chi connectivity index (χ2n) is 8.21. The second kappa shape index (κ2) is 7.69. The highest BCUT2D eigenvalue weighted by Gasteiger charge is 2.40. The molecular formula is C23H25ClN4O2. The van der Waals surface area contributed by atoms with Crippen molar-refractivity contribution in [2.75, 3.05) is 13.1 Å². The number of hydrogen-bond donors (Lipinski definition) is 1. The van der Waals surface area contributed by atoms with Crippen molar-refractivity contribution in [2.45, 2.75) is 44.9 Å². The van der Waals surface area contributed by atoms with E-state index in [2.05, 4.69) is 21.2 Å². The van der Waals surface area contributed by atoms with Crippen molar-refractivity contribution in [1.29, 1.82) is 0 Å². The summed E-state index contributed by atoms with van der Waals surface area (Å²) in [5.41, 5.74) is 3.42. The fourth-order valence-electron chi connectivity index (χ4n) is 4.75. The minimum Gasteiger partial charge on any atom is -0.484 e. The average Bonchev–Trinajstić information content (AvgIpc) is 3.41. The van der Waals surface area contributed by atoms with Gasteiger partial charge in [-0.2, -0.15) is 0 Å². The molecule has 156 valence electrons. The molecule has 1 saturated heterocycles. The van der Waals surface area contributed by atoms with Gasteiger partial charge in [-0.15, -0.1) is 10.2 Å². The van der Waals surface area contributed by atoms with Crippen LogP contribution in [0.5, 0.6) is 5.75 Å². The molecule has 3 atom stereocenters. The first kappa shape index (κ1) is 19.5. The van der Waals surface area contributed by atoms with Gasteiger partial charge in [0, 0.05) is 23.8 Å².